The van der Waals surface area contributed by atoms with Gasteiger partial charge in [-0.2, -0.15) is 9.78 Å². The number of aromatic nitrogens is 2. The molecule has 2 aromatic carbocycles. The third kappa shape index (κ3) is 3.41. The molecule has 6 heteroatoms. The average molecular weight is 342 g/mol. The Hall–Kier alpha value is -2.79. The lowest BCUT2D eigenvalue weighted by atomic mass is 10.2. The number of nitrogens with one attached hydrogen (secondary N) is 1. The summed E-state index contributed by atoms with van der Waals surface area (Å²) in [5.74, 6) is 0.784. The Morgan fingerprint density at radius 1 is 1.12 bits per heavy atom. The summed E-state index contributed by atoms with van der Waals surface area (Å²) >= 11 is 6.14. The molecule has 24 heavy (non-hydrogen) atoms. The molecular formula is C18H16ClN3O2. The van der Waals surface area contributed by atoms with E-state index in [1.165, 1.54) is 10.9 Å². The Kier molecular flexibility index (Phi) is 4.82. The van der Waals surface area contributed by atoms with Gasteiger partial charge in [-0.25, -0.2) is 0 Å². The zero-order valence-corrected chi connectivity index (χ0v) is 13.8. The number of benzene rings is 2. The minimum atomic E-state index is -0.290. The van der Waals surface area contributed by atoms with Crippen LogP contribution in [0.3, 0.4) is 0 Å². The molecule has 122 valence electrons. The maximum atomic E-state index is 12.6. The van der Waals surface area contributed by atoms with E-state index in [4.69, 9.17) is 16.3 Å². The lowest BCUT2D eigenvalue weighted by Crippen LogP contribution is -2.24. The summed E-state index contributed by atoms with van der Waals surface area (Å²) in [7, 11) is 1.62. The molecule has 1 heterocycles. The van der Waals surface area contributed by atoms with Crippen molar-refractivity contribution in [3.63, 3.8) is 0 Å². The summed E-state index contributed by atoms with van der Waals surface area (Å²) in [5.41, 5.74) is 1.73. The second kappa shape index (κ2) is 7.19. The van der Waals surface area contributed by atoms with Gasteiger partial charge in [0.1, 0.15) is 11.4 Å². The van der Waals surface area contributed by atoms with Crippen molar-refractivity contribution in [3.05, 3.63) is 81.7 Å². The summed E-state index contributed by atoms with van der Waals surface area (Å²) in [6.45, 7) is 0.470. The lowest BCUT2D eigenvalue weighted by molar-refractivity contribution is 0.414. The summed E-state index contributed by atoms with van der Waals surface area (Å²) in [4.78, 5) is 12.6. The largest absolute Gasteiger partial charge is 0.497 e. The Morgan fingerprint density at radius 2 is 1.83 bits per heavy atom. The second-order valence-corrected chi connectivity index (χ2v) is 5.53. The van der Waals surface area contributed by atoms with Gasteiger partial charge in [-0.3, -0.25) is 4.79 Å². The fraction of sp³-hybridized carbons (Fsp3) is 0.111. The van der Waals surface area contributed by atoms with Gasteiger partial charge in [0.05, 0.1) is 24.0 Å². The summed E-state index contributed by atoms with van der Waals surface area (Å²) < 4.78 is 6.45. The molecule has 0 amide bonds. The van der Waals surface area contributed by atoms with E-state index in [0.717, 1.165) is 11.3 Å². The van der Waals surface area contributed by atoms with E-state index in [1.807, 2.05) is 54.6 Å². The van der Waals surface area contributed by atoms with E-state index < -0.39 is 0 Å². The van der Waals surface area contributed by atoms with Crippen molar-refractivity contribution in [2.24, 2.45) is 0 Å². The molecule has 0 saturated carbocycles. The number of hydrogen-bond donors (Lipinski definition) is 1. The number of hydrogen-bond acceptors (Lipinski definition) is 4. The Balaban J connectivity index is 1.86. The van der Waals surface area contributed by atoms with Crippen molar-refractivity contribution in [1.29, 1.82) is 0 Å². The van der Waals surface area contributed by atoms with Crippen LogP contribution in [0.1, 0.15) is 5.56 Å². The van der Waals surface area contributed by atoms with Crippen molar-refractivity contribution in [3.8, 4) is 11.4 Å². The van der Waals surface area contributed by atoms with Crippen LogP contribution in [0.2, 0.25) is 5.02 Å². The van der Waals surface area contributed by atoms with Crippen LogP contribution in [-0.4, -0.2) is 16.9 Å². The van der Waals surface area contributed by atoms with E-state index in [9.17, 15) is 4.79 Å². The molecule has 0 bridgehead atoms. The van der Waals surface area contributed by atoms with Crippen molar-refractivity contribution in [1.82, 2.24) is 9.78 Å². The first-order valence-electron chi connectivity index (χ1n) is 7.39. The van der Waals surface area contributed by atoms with Crippen LogP contribution in [0, 0.1) is 0 Å². The van der Waals surface area contributed by atoms with Crippen molar-refractivity contribution in [2.75, 3.05) is 12.4 Å². The number of ether oxygens (including phenoxy) is 1. The molecule has 1 N–H and O–H groups in total. The number of halogens is 1. The second-order valence-electron chi connectivity index (χ2n) is 5.12. The van der Waals surface area contributed by atoms with Crippen molar-refractivity contribution < 1.29 is 4.74 Å². The van der Waals surface area contributed by atoms with Crippen molar-refractivity contribution >= 4 is 17.3 Å². The standard InChI is InChI=1S/C18H16ClN3O2/c1-24-15-9-7-13(8-10-15)11-20-17-16(19)12-21-22(18(17)23)14-5-3-2-4-6-14/h2-10,12,20H,11H2,1H3. The first-order valence-corrected chi connectivity index (χ1v) is 7.77. The molecule has 3 rings (SSSR count). The highest BCUT2D eigenvalue weighted by molar-refractivity contribution is 6.33. The topological polar surface area (TPSA) is 56.1 Å². The predicted octanol–water partition coefficient (Wildman–Crippen LogP) is 3.51. The Labute approximate surface area is 144 Å². The third-order valence-electron chi connectivity index (χ3n) is 3.56. The van der Waals surface area contributed by atoms with Gasteiger partial charge in [0, 0.05) is 6.54 Å². The van der Waals surface area contributed by atoms with Crippen LogP contribution >= 0.6 is 11.6 Å². The number of para-hydroxylation sites is 1. The van der Waals surface area contributed by atoms with E-state index in [1.54, 1.807) is 7.11 Å². The van der Waals surface area contributed by atoms with Crippen LogP contribution in [0.15, 0.2) is 65.6 Å². The predicted molar refractivity (Wildman–Crippen MR) is 95.2 cm³/mol. The van der Waals surface area contributed by atoms with Crippen molar-refractivity contribution in [2.45, 2.75) is 6.54 Å². The van der Waals surface area contributed by atoms with E-state index in [0.29, 0.717) is 22.9 Å². The number of anilines is 1. The monoisotopic (exact) mass is 341 g/mol. The molecule has 0 saturated heterocycles. The molecule has 0 spiro atoms. The highest BCUT2D eigenvalue weighted by Gasteiger charge is 2.11. The van der Waals surface area contributed by atoms with Gasteiger partial charge < -0.3 is 10.1 Å². The van der Waals surface area contributed by atoms with E-state index in [-0.39, 0.29) is 5.56 Å². The lowest BCUT2D eigenvalue weighted by Gasteiger charge is -2.11. The molecule has 0 aliphatic rings. The van der Waals surface area contributed by atoms with E-state index >= 15 is 0 Å². The molecule has 0 atom stereocenters. The summed E-state index contributed by atoms with van der Waals surface area (Å²) in [6.07, 6.45) is 1.46. The zero-order valence-electron chi connectivity index (χ0n) is 13.1. The molecule has 3 aromatic rings. The van der Waals surface area contributed by atoms with Crippen LogP contribution in [0.25, 0.3) is 5.69 Å². The van der Waals surface area contributed by atoms with Crippen LogP contribution in [0.5, 0.6) is 5.75 Å². The first-order chi connectivity index (χ1) is 11.7. The molecule has 0 aliphatic heterocycles. The van der Waals surface area contributed by atoms with Gasteiger partial charge in [-0.05, 0) is 29.8 Å². The molecular weight excluding hydrogens is 326 g/mol. The minimum Gasteiger partial charge on any atom is -0.497 e. The SMILES string of the molecule is COc1ccc(CNc2c(Cl)cnn(-c3ccccc3)c2=O)cc1. The summed E-state index contributed by atoms with van der Waals surface area (Å²) in [6, 6.07) is 16.8. The van der Waals surface area contributed by atoms with Gasteiger partial charge in [0.15, 0.2) is 0 Å². The smallest absolute Gasteiger partial charge is 0.296 e. The van der Waals surface area contributed by atoms with Gasteiger partial charge in [0.25, 0.3) is 5.56 Å². The molecule has 0 aliphatic carbocycles. The third-order valence-corrected chi connectivity index (χ3v) is 3.85. The molecule has 0 radical (unpaired) electrons. The highest BCUT2D eigenvalue weighted by atomic mass is 35.5. The van der Waals surface area contributed by atoms with Gasteiger partial charge in [-0.1, -0.05) is 41.9 Å². The van der Waals surface area contributed by atoms with Gasteiger partial charge >= 0.3 is 0 Å². The molecule has 1 aromatic heterocycles. The fourth-order valence-corrected chi connectivity index (χ4v) is 2.47. The molecule has 0 fully saturated rings. The summed E-state index contributed by atoms with van der Waals surface area (Å²) in [5, 5.41) is 7.49. The van der Waals surface area contributed by atoms with Crippen LogP contribution in [0.4, 0.5) is 5.69 Å². The maximum Gasteiger partial charge on any atom is 0.296 e. The highest BCUT2D eigenvalue weighted by Crippen LogP contribution is 2.18. The normalized spacial score (nSPS) is 10.4. The van der Waals surface area contributed by atoms with Crippen LogP contribution < -0.4 is 15.6 Å². The maximum absolute atomic E-state index is 12.6. The van der Waals surface area contributed by atoms with Crippen LogP contribution in [-0.2, 0) is 6.54 Å². The number of nitrogens with zero attached hydrogens (tertiary/aromatic N) is 2. The molecule has 0 unspecified atom stereocenters. The number of methoxy groups -OCH3 is 1. The average Bonchev–Trinajstić information content (AvgIpc) is 2.63. The zero-order chi connectivity index (χ0) is 16.9. The fourth-order valence-electron chi connectivity index (χ4n) is 2.28. The quantitative estimate of drug-likeness (QED) is 0.771. The van der Waals surface area contributed by atoms with Gasteiger partial charge in [-0.15, -0.1) is 0 Å². The van der Waals surface area contributed by atoms with Gasteiger partial charge in [0.2, 0.25) is 0 Å². The van der Waals surface area contributed by atoms with E-state index in [2.05, 4.69) is 10.4 Å². The Morgan fingerprint density at radius 3 is 2.50 bits per heavy atom. The molecule has 5 nitrogen and oxygen atoms in total. The Bertz CT molecular complexity index is 877. The minimum absolute atomic E-state index is 0.290. The first kappa shape index (κ1) is 16.1. The number of rotatable bonds is 5.